The van der Waals surface area contributed by atoms with Gasteiger partial charge in [-0.05, 0) is 30.2 Å². The van der Waals surface area contributed by atoms with E-state index in [9.17, 15) is 5.26 Å². The highest BCUT2D eigenvalue weighted by atomic mass is 35.5. The van der Waals surface area contributed by atoms with E-state index in [1.165, 1.54) is 5.56 Å². The smallest absolute Gasteiger partial charge is 0.202 e. The van der Waals surface area contributed by atoms with Crippen molar-refractivity contribution < 1.29 is 4.98 Å². The summed E-state index contributed by atoms with van der Waals surface area (Å²) >= 11 is 7.50. The first-order valence-electron chi connectivity index (χ1n) is 5.91. The lowest BCUT2D eigenvalue weighted by atomic mass is 10.1. The molecule has 0 unspecified atom stereocenters. The fourth-order valence-electron chi connectivity index (χ4n) is 1.84. The normalized spacial score (nSPS) is 10.2. The van der Waals surface area contributed by atoms with Gasteiger partial charge >= 0.3 is 0 Å². The Balaban J connectivity index is 2.20. The van der Waals surface area contributed by atoms with Crippen molar-refractivity contribution in [3.8, 4) is 6.07 Å². The minimum absolute atomic E-state index is 0.726. The molecule has 2 nitrogen and oxygen atoms in total. The summed E-state index contributed by atoms with van der Waals surface area (Å²) in [6, 6.07) is 12.0. The van der Waals surface area contributed by atoms with Crippen molar-refractivity contribution in [3.05, 3.63) is 57.7 Å². The van der Waals surface area contributed by atoms with E-state index in [2.05, 4.69) is 11.1 Å². The van der Waals surface area contributed by atoms with Crippen molar-refractivity contribution in [2.45, 2.75) is 24.6 Å². The van der Waals surface area contributed by atoms with Crippen molar-refractivity contribution in [1.82, 2.24) is 0 Å². The summed E-state index contributed by atoms with van der Waals surface area (Å²) in [7, 11) is 0. The van der Waals surface area contributed by atoms with Gasteiger partial charge in [0.25, 0.3) is 5.03 Å². The Morgan fingerprint density at radius 1 is 1.26 bits per heavy atom. The molecule has 19 heavy (non-hydrogen) atoms. The van der Waals surface area contributed by atoms with Crippen LogP contribution in [0.3, 0.4) is 0 Å². The molecular formula is C15H14ClN2S+. The molecular weight excluding hydrogens is 276 g/mol. The van der Waals surface area contributed by atoms with Crippen molar-refractivity contribution in [2.24, 2.45) is 0 Å². The topological polar surface area (TPSA) is 37.9 Å². The summed E-state index contributed by atoms with van der Waals surface area (Å²) in [6.45, 7) is 3.96. The van der Waals surface area contributed by atoms with Crippen LogP contribution in [0, 0.1) is 25.2 Å². The lowest BCUT2D eigenvalue weighted by Crippen LogP contribution is -2.14. The number of nitrogens with zero attached hydrogens (tertiary/aromatic N) is 1. The maximum Gasteiger partial charge on any atom is 0.257 e. The Morgan fingerprint density at radius 2 is 1.95 bits per heavy atom. The van der Waals surface area contributed by atoms with Gasteiger partial charge in [-0.1, -0.05) is 35.5 Å². The highest BCUT2D eigenvalue weighted by molar-refractivity contribution is 7.98. The van der Waals surface area contributed by atoms with Crippen LogP contribution in [0.5, 0.6) is 0 Å². The number of pyridine rings is 1. The molecule has 0 aliphatic rings. The van der Waals surface area contributed by atoms with Crippen molar-refractivity contribution >= 4 is 23.4 Å². The Hall–Kier alpha value is -1.50. The van der Waals surface area contributed by atoms with E-state index >= 15 is 0 Å². The second-order valence-electron chi connectivity index (χ2n) is 4.37. The number of thioether (sulfide) groups is 1. The van der Waals surface area contributed by atoms with Crippen molar-refractivity contribution in [2.75, 3.05) is 0 Å². The first kappa shape index (κ1) is 13.9. The molecule has 0 fully saturated rings. The van der Waals surface area contributed by atoms with Crippen LogP contribution in [0.15, 0.2) is 35.4 Å². The SMILES string of the molecule is Cc1cc(C)c(C#N)c(SCc2ccc(Cl)cc2)[nH+]1. The molecule has 0 spiro atoms. The maximum atomic E-state index is 9.22. The number of aromatic nitrogens is 1. The number of nitrogens with one attached hydrogen (secondary N) is 1. The fraction of sp³-hybridized carbons (Fsp3) is 0.200. The third-order valence-corrected chi connectivity index (χ3v) is 4.10. The highest BCUT2D eigenvalue weighted by Gasteiger charge is 2.15. The number of H-pyrrole nitrogens is 1. The zero-order valence-electron chi connectivity index (χ0n) is 10.8. The van der Waals surface area contributed by atoms with Gasteiger partial charge in [0.15, 0.2) is 5.69 Å². The largest absolute Gasteiger partial charge is 0.257 e. The average molecular weight is 290 g/mol. The van der Waals surface area contributed by atoms with Crippen LogP contribution in [0.2, 0.25) is 5.02 Å². The minimum Gasteiger partial charge on any atom is -0.202 e. The van der Waals surface area contributed by atoms with Gasteiger partial charge in [0.2, 0.25) is 0 Å². The number of benzene rings is 1. The molecule has 1 aromatic carbocycles. The van der Waals surface area contributed by atoms with Gasteiger partial charge in [-0.3, -0.25) is 0 Å². The number of rotatable bonds is 3. The van der Waals surface area contributed by atoms with E-state index in [1.54, 1.807) is 11.8 Å². The second-order valence-corrected chi connectivity index (χ2v) is 5.79. The predicted molar refractivity (Wildman–Crippen MR) is 78.2 cm³/mol. The standard InChI is InChI=1S/C15H13ClN2S/c1-10-7-11(2)18-15(14(10)8-17)19-9-12-3-5-13(16)6-4-12/h3-7H,9H2,1-2H3/p+1. The van der Waals surface area contributed by atoms with Crippen LogP contribution in [0.4, 0.5) is 0 Å². The third-order valence-electron chi connectivity index (χ3n) is 2.77. The summed E-state index contributed by atoms with van der Waals surface area (Å²) in [5, 5.41) is 10.9. The Labute approximate surface area is 122 Å². The van der Waals surface area contributed by atoms with E-state index < -0.39 is 0 Å². The first-order chi connectivity index (χ1) is 9.10. The van der Waals surface area contributed by atoms with Gasteiger partial charge in [0.05, 0.1) is 0 Å². The van der Waals surface area contributed by atoms with Gasteiger partial charge in [-0.2, -0.15) is 5.26 Å². The van der Waals surface area contributed by atoms with Crippen molar-refractivity contribution in [3.63, 3.8) is 0 Å². The Bertz CT molecular complexity index is 630. The molecule has 96 valence electrons. The molecule has 0 aliphatic carbocycles. The van der Waals surface area contributed by atoms with Gasteiger partial charge in [-0.25, -0.2) is 4.98 Å². The molecule has 1 N–H and O–H groups in total. The number of aryl methyl sites for hydroxylation is 2. The van der Waals surface area contributed by atoms with Crippen LogP contribution in [0.1, 0.15) is 22.4 Å². The molecule has 1 aromatic heterocycles. The van der Waals surface area contributed by atoms with Crippen LogP contribution >= 0.6 is 23.4 Å². The molecule has 1 heterocycles. The molecule has 0 saturated heterocycles. The number of hydrogen-bond acceptors (Lipinski definition) is 2. The second kappa shape index (κ2) is 6.10. The summed E-state index contributed by atoms with van der Waals surface area (Å²) in [6.07, 6.45) is 0. The zero-order chi connectivity index (χ0) is 13.8. The summed E-state index contributed by atoms with van der Waals surface area (Å²) in [5.74, 6) is 0.811. The van der Waals surface area contributed by atoms with E-state index in [1.807, 2.05) is 44.2 Å². The highest BCUT2D eigenvalue weighted by Crippen LogP contribution is 2.24. The Kier molecular flexibility index (Phi) is 4.47. The van der Waals surface area contributed by atoms with E-state index in [0.29, 0.717) is 0 Å². The van der Waals surface area contributed by atoms with Crippen molar-refractivity contribution in [1.29, 1.82) is 5.26 Å². The summed E-state index contributed by atoms with van der Waals surface area (Å²) in [4.78, 5) is 3.26. The average Bonchev–Trinajstić information content (AvgIpc) is 2.37. The fourth-order valence-corrected chi connectivity index (χ4v) is 3.05. The molecule has 4 heteroatoms. The van der Waals surface area contributed by atoms with Crippen LogP contribution in [-0.4, -0.2) is 0 Å². The monoisotopic (exact) mass is 289 g/mol. The number of halogens is 1. The maximum absolute atomic E-state index is 9.22. The molecule has 0 saturated carbocycles. The minimum atomic E-state index is 0.726. The first-order valence-corrected chi connectivity index (χ1v) is 7.27. The van der Waals surface area contributed by atoms with Crippen LogP contribution < -0.4 is 4.98 Å². The molecule has 0 bridgehead atoms. The molecule has 0 radical (unpaired) electrons. The predicted octanol–water partition coefficient (Wildman–Crippen LogP) is 3.93. The number of nitriles is 1. The molecule has 0 amide bonds. The lowest BCUT2D eigenvalue weighted by molar-refractivity contribution is -0.435. The third kappa shape index (κ3) is 3.50. The van der Waals surface area contributed by atoms with Gasteiger partial charge in [0, 0.05) is 23.8 Å². The summed E-state index contributed by atoms with van der Waals surface area (Å²) in [5.41, 5.74) is 3.99. The van der Waals surface area contributed by atoms with Crippen LogP contribution in [0.25, 0.3) is 0 Å². The van der Waals surface area contributed by atoms with Gasteiger partial charge in [-0.15, -0.1) is 0 Å². The van der Waals surface area contributed by atoms with E-state index in [4.69, 9.17) is 11.6 Å². The van der Waals surface area contributed by atoms with Gasteiger partial charge < -0.3 is 0 Å². The lowest BCUT2D eigenvalue weighted by Gasteiger charge is -2.02. The quantitative estimate of drug-likeness (QED) is 0.803. The molecule has 2 aromatic rings. The van der Waals surface area contributed by atoms with Gasteiger partial charge in [0.1, 0.15) is 11.6 Å². The number of aromatic amines is 1. The molecule has 0 aliphatic heterocycles. The summed E-state index contributed by atoms with van der Waals surface area (Å²) < 4.78 is 0. The van der Waals surface area contributed by atoms with E-state index in [-0.39, 0.29) is 0 Å². The molecule has 0 atom stereocenters. The van der Waals surface area contributed by atoms with E-state index in [0.717, 1.165) is 32.6 Å². The number of hydrogen-bond donors (Lipinski definition) is 0. The zero-order valence-corrected chi connectivity index (χ0v) is 12.4. The molecule has 2 rings (SSSR count). The Morgan fingerprint density at radius 3 is 2.58 bits per heavy atom. The van der Waals surface area contributed by atoms with Crippen LogP contribution in [-0.2, 0) is 5.75 Å².